The van der Waals surface area contributed by atoms with Crippen LogP contribution in [0, 0.1) is 5.82 Å². The van der Waals surface area contributed by atoms with Gasteiger partial charge in [-0.05, 0) is 30.3 Å². The molecule has 168 valence electrons. The number of amides is 2. The Balaban J connectivity index is 1.51. The van der Waals surface area contributed by atoms with Crippen LogP contribution in [0.5, 0.6) is 11.5 Å². The highest BCUT2D eigenvalue weighted by atomic mass is 19.4. The topological polar surface area (TPSA) is 109 Å². The smallest absolute Gasteiger partial charge is 0.416 e. The number of halogens is 4. The van der Waals surface area contributed by atoms with Crippen LogP contribution in [0.4, 0.5) is 33.7 Å². The van der Waals surface area contributed by atoms with Crippen LogP contribution in [0.1, 0.15) is 5.56 Å². The standard InChI is InChI=1S/C21H13F4N5O3/c22-14-5-4-11(21(23,24)25)8-15(14)29-20(32)28-12-2-1-3-13(9-12)33-16-6-7-26-19-18(16)30-17(31)10-27-19/h1-10H,(H,30,31)(H2,28,29,32). The molecule has 2 amide bonds. The molecule has 0 radical (unpaired) electrons. The molecule has 33 heavy (non-hydrogen) atoms. The third-order valence-corrected chi connectivity index (χ3v) is 4.31. The Labute approximate surface area is 182 Å². The quantitative estimate of drug-likeness (QED) is 0.376. The molecule has 2 heterocycles. The van der Waals surface area contributed by atoms with E-state index in [1.165, 1.54) is 24.4 Å². The molecule has 0 atom stereocenters. The maximum Gasteiger partial charge on any atom is 0.416 e. The molecule has 0 bridgehead atoms. The molecule has 0 aliphatic heterocycles. The summed E-state index contributed by atoms with van der Waals surface area (Å²) in [5.74, 6) is -0.518. The van der Waals surface area contributed by atoms with Gasteiger partial charge in [0, 0.05) is 24.0 Å². The van der Waals surface area contributed by atoms with Gasteiger partial charge in [-0.3, -0.25) is 4.79 Å². The highest BCUT2D eigenvalue weighted by Crippen LogP contribution is 2.32. The van der Waals surface area contributed by atoms with Crippen LogP contribution < -0.4 is 20.9 Å². The second-order valence-corrected chi connectivity index (χ2v) is 6.66. The van der Waals surface area contributed by atoms with E-state index in [1.807, 2.05) is 5.32 Å². The van der Waals surface area contributed by atoms with E-state index in [-0.39, 0.29) is 28.4 Å². The number of pyridine rings is 1. The maximum absolute atomic E-state index is 13.9. The van der Waals surface area contributed by atoms with Gasteiger partial charge in [0.25, 0.3) is 5.56 Å². The number of alkyl halides is 3. The molecular formula is C21H13F4N5O3. The summed E-state index contributed by atoms with van der Waals surface area (Å²) < 4.78 is 58.1. The van der Waals surface area contributed by atoms with E-state index < -0.39 is 34.8 Å². The summed E-state index contributed by atoms with van der Waals surface area (Å²) in [6.45, 7) is 0. The van der Waals surface area contributed by atoms with Gasteiger partial charge in [-0.2, -0.15) is 13.2 Å². The lowest BCUT2D eigenvalue weighted by Gasteiger charge is -2.12. The van der Waals surface area contributed by atoms with Crippen LogP contribution >= 0.6 is 0 Å². The van der Waals surface area contributed by atoms with Crippen LogP contribution in [-0.2, 0) is 6.18 Å². The number of anilines is 2. The van der Waals surface area contributed by atoms with Crippen molar-refractivity contribution in [2.45, 2.75) is 6.18 Å². The molecule has 0 aliphatic rings. The van der Waals surface area contributed by atoms with E-state index in [1.54, 1.807) is 12.1 Å². The number of aromatic nitrogens is 3. The van der Waals surface area contributed by atoms with Gasteiger partial charge in [-0.15, -0.1) is 0 Å². The predicted molar refractivity (Wildman–Crippen MR) is 111 cm³/mol. The van der Waals surface area contributed by atoms with E-state index >= 15 is 0 Å². The number of ether oxygens (including phenoxy) is 1. The summed E-state index contributed by atoms with van der Waals surface area (Å²) in [5.41, 5.74) is -1.46. The van der Waals surface area contributed by atoms with Crippen molar-refractivity contribution in [2.24, 2.45) is 0 Å². The summed E-state index contributed by atoms with van der Waals surface area (Å²) in [6, 6.07) is 8.24. The van der Waals surface area contributed by atoms with Crippen LogP contribution in [0.25, 0.3) is 11.2 Å². The summed E-state index contributed by atoms with van der Waals surface area (Å²) in [5, 5.41) is 4.44. The third-order valence-electron chi connectivity index (χ3n) is 4.31. The monoisotopic (exact) mass is 459 g/mol. The fraction of sp³-hybridized carbons (Fsp3) is 0.0476. The Morgan fingerprint density at radius 3 is 2.64 bits per heavy atom. The predicted octanol–water partition coefficient (Wildman–Crippen LogP) is 4.91. The van der Waals surface area contributed by atoms with Gasteiger partial charge in [0.1, 0.15) is 17.1 Å². The molecule has 0 saturated heterocycles. The number of rotatable bonds is 4. The minimum absolute atomic E-state index is 0.211. The number of aromatic amines is 1. The molecule has 0 aliphatic carbocycles. The maximum atomic E-state index is 13.9. The number of nitrogens with zero attached hydrogens (tertiary/aromatic N) is 2. The fourth-order valence-electron chi connectivity index (χ4n) is 2.86. The van der Waals surface area contributed by atoms with E-state index in [0.29, 0.717) is 18.2 Å². The van der Waals surface area contributed by atoms with Gasteiger partial charge >= 0.3 is 12.2 Å². The summed E-state index contributed by atoms with van der Waals surface area (Å²) >= 11 is 0. The highest BCUT2D eigenvalue weighted by molar-refractivity contribution is 6.00. The molecule has 0 fully saturated rings. The van der Waals surface area contributed by atoms with Crippen molar-refractivity contribution in [1.29, 1.82) is 0 Å². The first kappa shape index (κ1) is 21.7. The number of nitrogens with one attached hydrogen (secondary N) is 3. The molecule has 3 N–H and O–H groups in total. The molecule has 0 unspecified atom stereocenters. The molecule has 8 nitrogen and oxygen atoms in total. The van der Waals surface area contributed by atoms with Crippen molar-refractivity contribution in [3.05, 3.63) is 82.7 Å². The first-order chi connectivity index (χ1) is 15.7. The zero-order valence-electron chi connectivity index (χ0n) is 16.4. The number of benzene rings is 2. The Morgan fingerprint density at radius 2 is 1.85 bits per heavy atom. The van der Waals surface area contributed by atoms with Gasteiger partial charge in [0.15, 0.2) is 11.4 Å². The first-order valence-electron chi connectivity index (χ1n) is 9.26. The largest absolute Gasteiger partial charge is 0.455 e. The van der Waals surface area contributed by atoms with Gasteiger partial charge < -0.3 is 20.4 Å². The Hall–Kier alpha value is -4.48. The van der Waals surface area contributed by atoms with Crippen LogP contribution in [0.2, 0.25) is 0 Å². The lowest BCUT2D eigenvalue weighted by Crippen LogP contribution is -2.20. The van der Waals surface area contributed by atoms with Crippen LogP contribution in [0.15, 0.2) is 65.7 Å². The summed E-state index contributed by atoms with van der Waals surface area (Å²) in [7, 11) is 0. The molecule has 0 saturated carbocycles. The Kier molecular flexibility index (Phi) is 5.65. The van der Waals surface area contributed by atoms with Crippen molar-refractivity contribution in [2.75, 3.05) is 10.6 Å². The lowest BCUT2D eigenvalue weighted by atomic mass is 10.2. The van der Waals surface area contributed by atoms with Crippen LogP contribution in [-0.4, -0.2) is 21.0 Å². The number of hydrogen-bond acceptors (Lipinski definition) is 5. The third kappa shape index (κ3) is 5.06. The SMILES string of the molecule is O=C(Nc1cccc(Oc2ccnc3ncc(=O)[nH]c23)c1)Nc1cc(C(F)(F)F)ccc1F. The van der Waals surface area contributed by atoms with Crippen molar-refractivity contribution in [1.82, 2.24) is 15.0 Å². The van der Waals surface area contributed by atoms with E-state index in [2.05, 4.69) is 20.3 Å². The van der Waals surface area contributed by atoms with Crippen molar-refractivity contribution < 1.29 is 27.1 Å². The normalized spacial score (nSPS) is 11.3. The Bertz CT molecular complexity index is 1400. The van der Waals surface area contributed by atoms with Crippen molar-refractivity contribution in [3.8, 4) is 11.5 Å². The molecule has 2 aromatic carbocycles. The number of carbonyl (C=O) groups is 1. The van der Waals surface area contributed by atoms with E-state index in [0.717, 1.165) is 6.20 Å². The van der Waals surface area contributed by atoms with E-state index in [9.17, 15) is 27.2 Å². The minimum atomic E-state index is -4.69. The van der Waals surface area contributed by atoms with Gasteiger partial charge in [0.05, 0.1) is 17.4 Å². The average molecular weight is 459 g/mol. The van der Waals surface area contributed by atoms with Crippen molar-refractivity contribution in [3.63, 3.8) is 0 Å². The molecule has 4 rings (SSSR count). The molecule has 4 aromatic rings. The number of carbonyl (C=O) groups excluding carboxylic acids is 1. The fourth-order valence-corrected chi connectivity index (χ4v) is 2.86. The van der Waals surface area contributed by atoms with Gasteiger partial charge in [-0.1, -0.05) is 6.07 Å². The Morgan fingerprint density at radius 1 is 1.03 bits per heavy atom. The zero-order chi connectivity index (χ0) is 23.6. The number of H-pyrrole nitrogens is 1. The molecular weight excluding hydrogens is 446 g/mol. The minimum Gasteiger partial charge on any atom is -0.455 e. The lowest BCUT2D eigenvalue weighted by molar-refractivity contribution is -0.137. The first-order valence-corrected chi connectivity index (χ1v) is 9.26. The van der Waals surface area contributed by atoms with Crippen LogP contribution in [0.3, 0.4) is 0 Å². The van der Waals surface area contributed by atoms with E-state index in [4.69, 9.17) is 4.74 Å². The molecule has 12 heteroatoms. The second-order valence-electron chi connectivity index (χ2n) is 6.66. The average Bonchev–Trinajstić information content (AvgIpc) is 2.75. The molecule has 0 spiro atoms. The number of hydrogen-bond donors (Lipinski definition) is 3. The molecule has 2 aromatic heterocycles. The van der Waals surface area contributed by atoms with Gasteiger partial charge in [0.2, 0.25) is 0 Å². The zero-order valence-corrected chi connectivity index (χ0v) is 16.4. The van der Waals surface area contributed by atoms with Gasteiger partial charge in [-0.25, -0.2) is 19.2 Å². The summed E-state index contributed by atoms with van der Waals surface area (Å²) in [4.78, 5) is 34.3. The number of fused-ring (bicyclic) bond motifs is 1. The van der Waals surface area contributed by atoms with Crippen molar-refractivity contribution >= 4 is 28.6 Å². The second kappa shape index (κ2) is 8.57. The number of urea groups is 1. The summed E-state index contributed by atoms with van der Waals surface area (Å²) in [6.07, 6.45) is -2.18. The highest BCUT2D eigenvalue weighted by Gasteiger charge is 2.31.